The SMILES string of the molecule is CCCC/C=C\CCCCCCCC(=O)OC(COC(=O)CCCCCCCCC/C=C\C/C=C\CCCCC)COC1OC(C(=O)O)C(O)C(O)C1OC(=O)CCCCCCCC/C=C\C/C=C\C/C=C\CCCCC. The average molecular weight is 1080 g/mol. The summed E-state index contributed by atoms with van der Waals surface area (Å²) in [5, 5.41) is 31.5. The third kappa shape index (κ3) is 42.7. The molecule has 6 unspecified atom stereocenters. The summed E-state index contributed by atoms with van der Waals surface area (Å²) in [6, 6.07) is 0. The van der Waals surface area contributed by atoms with Gasteiger partial charge >= 0.3 is 23.9 Å². The number of aliphatic carboxylic acids is 1. The molecule has 77 heavy (non-hydrogen) atoms. The first-order valence-electron chi connectivity index (χ1n) is 30.9. The third-order valence-electron chi connectivity index (χ3n) is 13.7. The number of aliphatic hydroxyl groups is 2. The quantitative estimate of drug-likeness (QED) is 0.0228. The maximum Gasteiger partial charge on any atom is 0.335 e. The molecule has 1 rings (SSSR count). The Morgan fingerprint density at radius 1 is 0.429 bits per heavy atom. The second-order valence-electron chi connectivity index (χ2n) is 21.0. The van der Waals surface area contributed by atoms with Crippen molar-refractivity contribution in [1.82, 2.24) is 0 Å². The Bertz CT molecular complexity index is 1620. The number of unbranched alkanes of at least 4 members (excludes halogenated alkanes) is 26. The van der Waals surface area contributed by atoms with Gasteiger partial charge < -0.3 is 39.0 Å². The van der Waals surface area contributed by atoms with Gasteiger partial charge in [-0.15, -0.1) is 0 Å². The van der Waals surface area contributed by atoms with Crippen molar-refractivity contribution in [3.8, 4) is 0 Å². The highest BCUT2D eigenvalue weighted by atomic mass is 16.7. The maximum atomic E-state index is 13.1. The molecule has 0 aromatic heterocycles. The predicted molar refractivity (Wildman–Crippen MR) is 312 cm³/mol. The Hall–Kier alpha value is -3.84. The zero-order valence-electron chi connectivity index (χ0n) is 48.7. The maximum absolute atomic E-state index is 13.1. The molecule has 0 aromatic carbocycles. The number of carbonyl (C=O) groups excluding carboxylic acids is 3. The van der Waals surface area contributed by atoms with E-state index in [1.807, 2.05) is 0 Å². The molecular weight excluding hydrogens is 973 g/mol. The molecule has 1 aliphatic heterocycles. The van der Waals surface area contributed by atoms with Crippen molar-refractivity contribution >= 4 is 23.9 Å². The van der Waals surface area contributed by atoms with E-state index < -0.39 is 67.3 Å². The number of hydrogen-bond acceptors (Lipinski definition) is 11. The summed E-state index contributed by atoms with van der Waals surface area (Å²) in [4.78, 5) is 51.2. The Kier molecular flexibility index (Phi) is 48.8. The molecule has 0 spiro atoms. The van der Waals surface area contributed by atoms with Crippen molar-refractivity contribution in [2.45, 2.75) is 302 Å². The summed E-state index contributed by atoms with van der Waals surface area (Å²) in [5.74, 6) is -3.15. The number of carboxylic acid groups (broad SMARTS) is 1. The van der Waals surface area contributed by atoms with Crippen LogP contribution in [0.3, 0.4) is 0 Å². The molecule has 0 aliphatic carbocycles. The van der Waals surface area contributed by atoms with Gasteiger partial charge in [-0.25, -0.2) is 4.79 Å². The minimum Gasteiger partial charge on any atom is -0.479 e. The zero-order valence-corrected chi connectivity index (χ0v) is 48.7. The van der Waals surface area contributed by atoms with Gasteiger partial charge in [0.25, 0.3) is 0 Å². The largest absolute Gasteiger partial charge is 0.479 e. The van der Waals surface area contributed by atoms with E-state index in [-0.39, 0.29) is 25.9 Å². The summed E-state index contributed by atoms with van der Waals surface area (Å²) in [6.07, 6.45) is 54.3. The highest BCUT2D eigenvalue weighted by Gasteiger charge is 2.50. The average Bonchev–Trinajstić information content (AvgIpc) is 3.41. The Morgan fingerprint density at radius 3 is 1.23 bits per heavy atom. The highest BCUT2D eigenvalue weighted by Crippen LogP contribution is 2.26. The van der Waals surface area contributed by atoms with Crippen LogP contribution in [0.2, 0.25) is 0 Å². The van der Waals surface area contributed by atoms with Crippen LogP contribution in [0.4, 0.5) is 0 Å². The second kappa shape index (κ2) is 52.8. The van der Waals surface area contributed by atoms with Crippen molar-refractivity contribution in [1.29, 1.82) is 0 Å². The predicted octanol–water partition coefficient (Wildman–Crippen LogP) is 16.1. The molecule has 0 bridgehead atoms. The number of aliphatic hydroxyl groups excluding tert-OH is 2. The highest BCUT2D eigenvalue weighted by molar-refractivity contribution is 5.74. The first-order chi connectivity index (χ1) is 37.6. The molecule has 1 heterocycles. The van der Waals surface area contributed by atoms with E-state index in [0.717, 1.165) is 128 Å². The van der Waals surface area contributed by atoms with Gasteiger partial charge in [-0.1, -0.05) is 209 Å². The number of esters is 3. The number of hydrogen-bond donors (Lipinski definition) is 3. The lowest BCUT2D eigenvalue weighted by molar-refractivity contribution is -0.301. The van der Waals surface area contributed by atoms with Crippen LogP contribution < -0.4 is 0 Å². The number of carboxylic acids is 1. The van der Waals surface area contributed by atoms with Crippen LogP contribution in [0.25, 0.3) is 0 Å². The monoisotopic (exact) mass is 1080 g/mol. The van der Waals surface area contributed by atoms with E-state index in [1.54, 1.807) is 0 Å². The number of ether oxygens (including phenoxy) is 5. The van der Waals surface area contributed by atoms with E-state index in [0.29, 0.717) is 19.3 Å². The zero-order chi connectivity index (χ0) is 56.1. The molecule has 1 saturated heterocycles. The van der Waals surface area contributed by atoms with Gasteiger partial charge in [0.15, 0.2) is 24.6 Å². The minimum absolute atomic E-state index is 0.0428. The van der Waals surface area contributed by atoms with Crippen LogP contribution >= 0.6 is 0 Å². The minimum atomic E-state index is -1.91. The fraction of sp³-hybridized carbons (Fsp3) is 0.754. The van der Waals surface area contributed by atoms with Crippen molar-refractivity contribution in [2.75, 3.05) is 13.2 Å². The first kappa shape index (κ1) is 71.2. The molecule has 442 valence electrons. The van der Waals surface area contributed by atoms with E-state index in [2.05, 4.69) is 93.7 Å². The van der Waals surface area contributed by atoms with Gasteiger partial charge in [-0.2, -0.15) is 0 Å². The standard InChI is InChI=1S/C65H110O12/c1-4-7-10-13-16-19-22-24-26-28-29-31-33-35-38-41-44-47-50-53-59(68)76-63-61(70)60(69)62(64(71)72)77-65(63)74-55-56(75-58(67)52-49-46-43-40-36-21-18-15-12-9-6-3)54-73-57(66)51-48-45-42-39-37-34-32-30-27-25-23-20-17-14-11-8-5-2/h15-20,24-27,29,31,56,60-63,65,69-70H,4-14,21-23,28,30,32-55H2,1-3H3,(H,71,72)/b18-15-,19-16-,20-17-,26-24-,27-25-,31-29-. The molecular formula is C65H110O12. The summed E-state index contributed by atoms with van der Waals surface area (Å²) < 4.78 is 28.4. The van der Waals surface area contributed by atoms with Crippen LogP contribution in [0.5, 0.6) is 0 Å². The number of allylic oxidation sites excluding steroid dienone is 12. The van der Waals surface area contributed by atoms with E-state index in [1.165, 1.54) is 77.0 Å². The summed E-state index contributed by atoms with van der Waals surface area (Å²) in [6.45, 7) is 5.89. The molecule has 3 N–H and O–H groups in total. The molecule has 1 aliphatic rings. The molecule has 0 saturated carbocycles. The number of rotatable bonds is 52. The van der Waals surface area contributed by atoms with E-state index >= 15 is 0 Å². The number of carbonyl (C=O) groups is 4. The van der Waals surface area contributed by atoms with Crippen molar-refractivity contribution < 1.29 is 58.2 Å². The molecule has 6 atom stereocenters. The van der Waals surface area contributed by atoms with E-state index in [4.69, 9.17) is 23.7 Å². The molecule has 12 heteroatoms. The van der Waals surface area contributed by atoms with Crippen molar-refractivity contribution in [3.05, 3.63) is 72.9 Å². The molecule has 0 radical (unpaired) electrons. The smallest absolute Gasteiger partial charge is 0.335 e. The van der Waals surface area contributed by atoms with Crippen LogP contribution in [0, 0.1) is 0 Å². The fourth-order valence-electron chi connectivity index (χ4n) is 8.91. The lowest BCUT2D eigenvalue weighted by Crippen LogP contribution is -2.61. The van der Waals surface area contributed by atoms with Crippen LogP contribution in [0.15, 0.2) is 72.9 Å². The third-order valence-corrected chi connectivity index (χ3v) is 13.7. The van der Waals surface area contributed by atoms with Gasteiger partial charge in [0.1, 0.15) is 18.8 Å². The second-order valence-corrected chi connectivity index (χ2v) is 21.0. The first-order valence-corrected chi connectivity index (χ1v) is 30.9. The van der Waals surface area contributed by atoms with Crippen LogP contribution in [-0.4, -0.2) is 89.2 Å². The van der Waals surface area contributed by atoms with E-state index in [9.17, 15) is 34.5 Å². The van der Waals surface area contributed by atoms with Gasteiger partial charge in [0, 0.05) is 19.3 Å². The van der Waals surface area contributed by atoms with Crippen LogP contribution in [0.1, 0.15) is 265 Å². The lowest BCUT2D eigenvalue weighted by atomic mass is 9.98. The molecule has 0 amide bonds. The van der Waals surface area contributed by atoms with Gasteiger partial charge in [-0.05, 0) is 109 Å². The Morgan fingerprint density at radius 2 is 0.792 bits per heavy atom. The fourth-order valence-corrected chi connectivity index (χ4v) is 8.91. The summed E-state index contributed by atoms with van der Waals surface area (Å²) in [5.41, 5.74) is 0. The summed E-state index contributed by atoms with van der Waals surface area (Å²) in [7, 11) is 0. The molecule has 12 nitrogen and oxygen atoms in total. The normalized spacial score (nSPS) is 18.5. The Balaban J connectivity index is 2.66. The van der Waals surface area contributed by atoms with Crippen molar-refractivity contribution in [2.24, 2.45) is 0 Å². The topological polar surface area (TPSA) is 175 Å². The molecule has 0 aromatic rings. The molecule has 1 fully saturated rings. The van der Waals surface area contributed by atoms with Crippen molar-refractivity contribution in [3.63, 3.8) is 0 Å². The Labute approximate surface area is 468 Å². The van der Waals surface area contributed by atoms with Gasteiger partial charge in [-0.3, -0.25) is 14.4 Å². The van der Waals surface area contributed by atoms with Gasteiger partial charge in [0.05, 0.1) is 6.61 Å². The summed E-state index contributed by atoms with van der Waals surface area (Å²) >= 11 is 0. The van der Waals surface area contributed by atoms with Gasteiger partial charge in [0.2, 0.25) is 0 Å². The van der Waals surface area contributed by atoms with Crippen LogP contribution in [-0.2, 0) is 42.9 Å². The lowest BCUT2D eigenvalue weighted by Gasteiger charge is -2.40.